The van der Waals surface area contributed by atoms with Crippen LogP contribution >= 0.6 is 0 Å². The zero-order valence-corrected chi connectivity index (χ0v) is 15.0. The summed E-state index contributed by atoms with van der Waals surface area (Å²) >= 11 is 0. The zero-order valence-electron chi connectivity index (χ0n) is 15.0. The average molecular weight is 338 g/mol. The Morgan fingerprint density at radius 1 is 1.21 bits per heavy atom. The van der Waals surface area contributed by atoms with Crippen molar-refractivity contribution in [1.29, 1.82) is 5.53 Å². The first-order valence-electron chi connectivity index (χ1n) is 9.41. The lowest BCUT2D eigenvalue weighted by Gasteiger charge is -2.15. The molecule has 1 heterocycles. The summed E-state index contributed by atoms with van der Waals surface area (Å²) in [6.45, 7) is 2.67. The maximum Gasteiger partial charge on any atom is 0.122 e. The molecule has 0 aromatic carbocycles. The molecule has 0 bridgehead atoms. The number of ether oxygens (including phenoxy) is 1. The third-order valence-electron chi connectivity index (χ3n) is 4.32. The van der Waals surface area contributed by atoms with Crippen LogP contribution in [0, 0.1) is 5.53 Å². The first kappa shape index (κ1) is 20.8. The second-order valence-electron chi connectivity index (χ2n) is 6.55. The van der Waals surface area contributed by atoms with Gasteiger partial charge in [-0.25, -0.2) is 5.53 Å². The fourth-order valence-corrected chi connectivity index (χ4v) is 2.82. The van der Waals surface area contributed by atoms with Gasteiger partial charge < -0.3 is 14.9 Å². The van der Waals surface area contributed by atoms with E-state index < -0.39 is 12.2 Å². The minimum absolute atomic E-state index is 0.0882. The van der Waals surface area contributed by atoms with E-state index in [1.54, 1.807) is 6.08 Å². The van der Waals surface area contributed by atoms with Crippen molar-refractivity contribution in [3.8, 4) is 0 Å². The molecule has 24 heavy (non-hydrogen) atoms. The number of hydrogen-bond acceptors (Lipinski definition) is 5. The third kappa shape index (κ3) is 9.18. The molecular weight excluding hydrogens is 304 g/mol. The Kier molecular flexibility index (Phi) is 11.4. The lowest BCUT2D eigenvalue weighted by atomic mass is 10.1. The lowest BCUT2D eigenvalue weighted by molar-refractivity contribution is 0.0861. The summed E-state index contributed by atoms with van der Waals surface area (Å²) in [6, 6.07) is 0. The lowest BCUT2D eigenvalue weighted by Crippen LogP contribution is -2.14. The molecule has 0 radical (unpaired) electrons. The summed E-state index contributed by atoms with van der Waals surface area (Å²) in [5.74, 6) is 0.681. The standard InChI is InChI=1S/C19H34N2O3/c1-2-3-4-5-6-7-10-18(23)19-14-13-17(24-19)12-11-16(22)9-8-15-21-20/h11-12,14,16-18,20,22-23H,2-10,13,15H2,1H3/b12-11-,21-20?/t16-,17?,18?/m0/s1. The van der Waals surface area contributed by atoms with Gasteiger partial charge in [0.2, 0.25) is 0 Å². The molecular formula is C19H34N2O3. The van der Waals surface area contributed by atoms with Crippen molar-refractivity contribution in [2.45, 2.75) is 89.4 Å². The third-order valence-corrected chi connectivity index (χ3v) is 4.32. The van der Waals surface area contributed by atoms with Crippen LogP contribution in [0.5, 0.6) is 0 Å². The molecule has 5 heteroatoms. The summed E-state index contributed by atoms with van der Waals surface area (Å²) in [7, 11) is 0. The van der Waals surface area contributed by atoms with Gasteiger partial charge in [0.05, 0.1) is 12.6 Å². The highest BCUT2D eigenvalue weighted by atomic mass is 16.5. The van der Waals surface area contributed by atoms with E-state index in [1.165, 1.54) is 32.1 Å². The maximum absolute atomic E-state index is 10.2. The molecule has 0 amide bonds. The summed E-state index contributed by atoms with van der Waals surface area (Å²) in [4.78, 5) is 0. The predicted molar refractivity (Wildman–Crippen MR) is 96.0 cm³/mol. The van der Waals surface area contributed by atoms with Crippen molar-refractivity contribution in [2.24, 2.45) is 5.11 Å². The van der Waals surface area contributed by atoms with Gasteiger partial charge in [0.25, 0.3) is 0 Å². The molecule has 2 unspecified atom stereocenters. The molecule has 0 aromatic rings. The number of aliphatic hydroxyl groups is 2. The zero-order chi connectivity index (χ0) is 17.6. The Balaban J connectivity index is 2.16. The fraction of sp³-hybridized carbons (Fsp3) is 0.789. The van der Waals surface area contributed by atoms with Gasteiger partial charge in [0.15, 0.2) is 0 Å². The molecule has 5 nitrogen and oxygen atoms in total. The van der Waals surface area contributed by atoms with Crippen LogP contribution in [0.25, 0.3) is 0 Å². The van der Waals surface area contributed by atoms with Crippen LogP contribution in [-0.2, 0) is 4.74 Å². The Labute approximate surface area is 146 Å². The van der Waals surface area contributed by atoms with Crippen molar-refractivity contribution in [3.05, 3.63) is 24.0 Å². The molecule has 0 aliphatic carbocycles. The Morgan fingerprint density at radius 3 is 2.71 bits per heavy atom. The summed E-state index contributed by atoms with van der Waals surface area (Å²) in [6.07, 6.45) is 14.6. The van der Waals surface area contributed by atoms with Crippen LogP contribution < -0.4 is 0 Å². The number of rotatable bonds is 14. The molecule has 0 aromatic heterocycles. The van der Waals surface area contributed by atoms with E-state index in [-0.39, 0.29) is 6.10 Å². The highest BCUT2D eigenvalue weighted by Gasteiger charge is 2.21. The van der Waals surface area contributed by atoms with E-state index in [1.807, 2.05) is 12.2 Å². The second kappa shape index (κ2) is 13.1. The minimum atomic E-state index is -0.521. The van der Waals surface area contributed by atoms with E-state index in [2.05, 4.69) is 12.0 Å². The van der Waals surface area contributed by atoms with Crippen molar-refractivity contribution < 1.29 is 14.9 Å². The van der Waals surface area contributed by atoms with Gasteiger partial charge in [-0.05, 0) is 31.4 Å². The van der Waals surface area contributed by atoms with Gasteiger partial charge in [-0.1, -0.05) is 51.5 Å². The van der Waals surface area contributed by atoms with Gasteiger partial charge in [-0.15, -0.1) is 0 Å². The van der Waals surface area contributed by atoms with Crippen LogP contribution in [0.4, 0.5) is 0 Å². The first-order valence-corrected chi connectivity index (χ1v) is 9.41. The van der Waals surface area contributed by atoms with Crippen molar-refractivity contribution in [3.63, 3.8) is 0 Å². The molecule has 1 rings (SSSR count). The maximum atomic E-state index is 10.2. The summed E-state index contributed by atoms with van der Waals surface area (Å²) < 4.78 is 5.76. The van der Waals surface area contributed by atoms with Gasteiger partial charge >= 0.3 is 0 Å². The SMILES string of the molecule is CCCCCCCCC(O)C1=CCC(/C=C\[C@@H](O)CCCN=N)O1. The highest BCUT2D eigenvalue weighted by molar-refractivity contribution is 5.11. The van der Waals surface area contributed by atoms with Crippen LogP contribution in [0.2, 0.25) is 0 Å². The number of aliphatic hydroxyl groups excluding tert-OH is 2. The average Bonchev–Trinajstić information content (AvgIpc) is 3.05. The molecule has 3 atom stereocenters. The largest absolute Gasteiger partial charge is 0.488 e. The summed E-state index contributed by atoms with van der Waals surface area (Å²) in [5, 5.41) is 23.3. The van der Waals surface area contributed by atoms with Crippen molar-refractivity contribution >= 4 is 0 Å². The normalized spacial score (nSPS) is 20.0. The van der Waals surface area contributed by atoms with Crippen molar-refractivity contribution in [1.82, 2.24) is 0 Å². The molecule has 138 valence electrons. The topological polar surface area (TPSA) is 85.9 Å². The van der Waals surface area contributed by atoms with E-state index in [0.29, 0.717) is 25.1 Å². The monoisotopic (exact) mass is 338 g/mol. The van der Waals surface area contributed by atoms with Gasteiger partial charge in [0.1, 0.15) is 18.0 Å². The van der Waals surface area contributed by atoms with Gasteiger partial charge in [-0.2, -0.15) is 5.11 Å². The number of nitrogens with one attached hydrogen (secondary N) is 1. The molecule has 0 fully saturated rings. The highest BCUT2D eigenvalue weighted by Crippen LogP contribution is 2.24. The first-order chi connectivity index (χ1) is 11.7. The van der Waals surface area contributed by atoms with Crippen LogP contribution in [0.3, 0.4) is 0 Å². The summed E-state index contributed by atoms with van der Waals surface area (Å²) in [5.41, 5.74) is 6.71. The molecule has 1 aliphatic heterocycles. The predicted octanol–water partition coefficient (Wildman–Crippen LogP) is 4.50. The van der Waals surface area contributed by atoms with Crippen LogP contribution in [-0.4, -0.2) is 35.1 Å². The van der Waals surface area contributed by atoms with Crippen molar-refractivity contribution in [2.75, 3.05) is 6.54 Å². The Morgan fingerprint density at radius 2 is 1.96 bits per heavy atom. The molecule has 1 aliphatic rings. The minimum Gasteiger partial charge on any atom is -0.488 e. The van der Waals surface area contributed by atoms with Crippen LogP contribution in [0.15, 0.2) is 29.1 Å². The molecule has 3 N–H and O–H groups in total. The number of unbranched alkanes of at least 4 members (excludes halogenated alkanes) is 5. The Hall–Kier alpha value is -1.20. The Bertz CT molecular complexity index is 396. The van der Waals surface area contributed by atoms with Gasteiger partial charge in [0, 0.05) is 6.42 Å². The number of nitrogens with zero attached hydrogens (tertiary/aromatic N) is 1. The number of hydrogen-bond donors (Lipinski definition) is 3. The second-order valence-corrected chi connectivity index (χ2v) is 6.55. The fourth-order valence-electron chi connectivity index (χ4n) is 2.82. The smallest absolute Gasteiger partial charge is 0.122 e. The molecule has 0 spiro atoms. The van der Waals surface area contributed by atoms with Crippen LogP contribution in [0.1, 0.15) is 71.1 Å². The molecule has 0 saturated heterocycles. The van der Waals surface area contributed by atoms with E-state index in [9.17, 15) is 10.2 Å². The van der Waals surface area contributed by atoms with E-state index in [0.717, 1.165) is 19.3 Å². The van der Waals surface area contributed by atoms with E-state index >= 15 is 0 Å². The quantitative estimate of drug-likeness (QED) is 0.248. The molecule has 0 saturated carbocycles. The van der Waals surface area contributed by atoms with Gasteiger partial charge in [-0.3, -0.25) is 0 Å². The van der Waals surface area contributed by atoms with E-state index in [4.69, 9.17) is 10.3 Å².